The van der Waals surface area contributed by atoms with Crippen LogP contribution in [0.15, 0.2) is 12.1 Å². The van der Waals surface area contributed by atoms with Gasteiger partial charge in [0.2, 0.25) is 6.79 Å². The first-order valence-corrected chi connectivity index (χ1v) is 5.83. The Morgan fingerprint density at radius 3 is 2.35 bits per heavy atom. The molecule has 17 heavy (non-hydrogen) atoms. The molecule has 0 spiro atoms. The van der Waals surface area contributed by atoms with Gasteiger partial charge in [0.1, 0.15) is 5.67 Å². The van der Waals surface area contributed by atoms with Gasteiger partial charge in [-0.3, -0.25) is 0 Å². The smallest absolute Gasteiger partial charge is 0.231 e. The van der Waals surface area contributed by atoms with Crippen molar-refractivity contribution in [3.63, 3.8) is 0 Å². The third kappa shape index (κ3) is 1.67. The minimum Gasteiger partial charge on any atom is -0.454 e. The molecular weight excluding hydrogens is 221 g/mol. The van der Waals surface area contributed by atoms with Gasteiger partial charge in [-0.25, -0.2) is 4.39 Å². The lowest BCUT2D eigenvalue weighted by Crippen LogP contribution is -2.24. The zero-order valence-corrected chi connectivity index (χ0v) is 10.0. The summed E-state index contributed by atoms with van der Waals surface area (Å²) in [5.41, 5.74) is 5.86. The highest BCUT2D eigenvalue weighted by atomic mass is 19.1. The first kappa shape index (κ1) is 10.8. The van der Waals surface area contributed by atoms with Crippen molar-refractivity contribution in [2.75, 3.05) is 6.79 Å². The molecule has 92 valence electrons. The normalized spacial score (nSPS) is 20.5. The van der Waals surface area contributed by atoms with E-state index in [1.807, 2.05) is 6.07 Å². The van der Waals surface area contributed by atoms with Gasteiger partial charge in [0, 0.05) is 5.54 Å². The van der Waals surface area contributed by atoms with Crippen LogP contribution >= 0.6 is 0 Å². The lowest BCUT2D eigenvalue weighted by atomic mass is 9.89. The molecule has 0 amide bonds. The first-order valence-electron chi connectivity index (χ1n) is 5.83. The topological polar surface area (TPSA) is 44.5 Å². The second kappa shape index (κ2) is 3.13. The van der Waals surface area contributed by atoms with Crippen molar-refractivity contribution in [1.82, 2.24) is 0 Å². The fraction of sp³-hybridized carbons (Fsp3) is 0.538. The fourth-order valence-corrected chi connectivity index (χ4v) is 2.25. The quantitative estimate of drug-likeness (QED) is 0.859. The van der Waals surface area contributed by atoms with Crippen LogP contribution in [0, 0.1) is 0 Å². The molecule has 1 fully saturated rings. The molecule has 0 bridgehead atoms. The molecule has 1 heterocycles. The van der Waals surface area contributed by atoms with E-state index in [0.29, 0.717) is 17.1 Å². The van der Waals surface area contributed by atoms with Crippen LogP contribution in [0.5, 0.6) is 11.5 Å². The average molecular weight is 237 g/mol. The van der Waals surface area contributed by atoms with Gasteiger partial charge in [-0.1, -0.05) is 0 Å². The van der Waals surface area contributed by atoms with E-state index in [-0.39, 0.29) is 12.3 Å². The molecule has 0 atom stereocenters. The number of hydrogen-bond acceptors (Lipinski definition) is 3. The number of hydrogen-bond donors (Lipinski definition) is 1. The van der Waals surface area contributed by atoms with Crippen LogP contribution in [0.25, 0.3) is 0 Å². The van der Waals surface area contributed by atoms with Gasteiger partial charge in [-0.05, 0) is 49.9 Å². The van der Waals surface area contributed by atoms with Crippen LogP contribution in [0.1, 0.15) is 37.8 Å². The van der Waals surface area contributed by atoms with Gasteiger partial charge in [0.25, 0.3) is 0 Å². The molecule has 3 nitrogen and oxygen atoms in total. The van der Waals surface area contributed by atoms with Crippen LogP contribution in [0.3, 0.4) is 0 Å². The van der Waals surface area contributed by atoms with Gasteiger partial charge in [0.15, 0.2) is 11.5 Å². The average Bonchev–Trinajstić information content (AvgIpc) is 2.83. The predicted molar refractivity (Wildman–Crippen MR) is 61.8 cm³/mol. The van der Waals surface area contributed by atoms with Crippen molar-refractivity contribution < 1.29 is 13.9 Å². The van der Waals surface area contributed by atoms with Gasteiger partial charge in [-0.2, -0.15) is 0 Å². The maximum absolute atomic E-state index is 14.3. The molecule has 1 aromatic carbocycles. The molecule has 1 saturated carbocycles. The summed E-state index contributed by atoms with van der Waals surface area (Å²) in [6.45, 7) is 3.28. The van der Waals surface area contributed by atoms with Crippen LogP contribution < -0.4 is 15.2 Å². The summed E-state index contributed by atoms with van der Waals surface area (Å²) in [5, 5.41) is 0. The Bertz CT molecular complexity index is 443. The van der Waals surface area contributed by atoms with Crippen molar-refractivity contribution in [2.24, 2.45) is 5.73 Å². The van der Waals surface area contributed by atoms with Crippen LogP contribution in [0.2, 0.25) is 0 Å². The number of nitrogens with two attached hydrogens (primary N) is 1. The lowest BCUT2D eigenvalue weighted by Gasteiger charge is -2.23. The van der Waals surface area contributed by atoms with E-state index >= 15 is 0 Å². The summed E-state index contributed by atoms with van der Waals surface area (Å²) >= 11 is 0. The molecular formula is C13H16FNO2. The second-order valence-corrected chi connectivity index (χ2v) is 5.38. The molecule has 0 saturated heterocycles. The number of ether oxygens (including phenoxy) is 2. The van der Waals surface area contributed by atoms with E-state index in [0.717, 1.165) is 18.4 Å². The van der Waals surface area contributed by atoms with Crippen molar-refractivity contribution in [1.29, 1.82) is 0 Å². The Morgan fingerprint density at radius 1 is 1.24 bits per heavy atom. The third-order valence-electron chi connectivity index (χ3n) is 3.48. The highest BCUT2D eigenvalue weighted by Crippen LogP contribution is 2.50. The minimum atomic E-state index is -1.43. The molecule has 0 aromatic heterocycles. The summed E-state index contributed by atoms with van der Waals surface area (Å²) < 4.78 is 24.9. The zero-order valence-electron chi connectivity index (χ0n) is 10.0. The molecule has 2 aliphatic rings. The molecule has 0 radical (unpaired) electrons. The van der Waals surface area contributed by atoms with Gasteiger partial charge >= 0.3 is 0 Å². The van der Waals surface area contributed by atoms with Crippen molar-refractivity contribution in [3.05, 3.63) is 23.3 Å². The molecule has 1 aliphatic heterocycles. The van der Waals surface area contributed by atoms with Crippen molar-refractivity contribution in [3.8, 4) is 11.5 Å². The number of fused-ring (bicyclic) bond motifs is 1. The first-order chi connectivity index (χ1) is 7.90. The van der Waals surface area contributed by atoms with Crippen LogP contribution in [-0.4, -0.2) is 6.79 Å². The summed E-state index contributed by atoms with van der Waals surface area (Å²) in [7, 11) is 0. The highest BCUT2D eigenvalue weighted by molar-refractivity contribution is 5.53. The van der Waals surface area contributed by atoms with Crippen LogP contribution in [0.4, 0.5) is 4.39 Å². The fourth-order valence-electron chi connectivity index (χ4n) is 2.25. The van der Waals surface area contributed by atoms with Gasteiger partial charge in [0.05, 0.1) is 0 Å². The van der Waals surface area contributed by atoms with Gasteiger partial charge < -0.3 is 15.2 Å². The molecule has 2 N–H and O–H groups in total. The van der Waals surface area contributed by atoms with Crippen molar-refractivity contribution >= 4 is 0 Å². The Hall–Kier alpha value is -1.29. The summed E-state index contributed by atoms with van der Waals surface area (Å²) in [6, 6.07) is 3.57. The standard InChI is InChI=1S/C13H16FNO2/c1-12(2,14)8-5-10-11(17-7-16-10)6-9(8)13(15)3-4-13/h5-6H,3-4,7,15H2,1-2H3. The molecule has 0 unspecified atom stereocenters. The van der Waals surface area contributed by atoms with E-state index in [9.17, 15) is 4.39 Å². The molecule has 1 aliphatic carbocycles. The highest BCUT2D eigenvalue weighted by Gasteiger charge is 2.44. The summed E-state index contributed by atoms with van der Waals surface area (Å²) in [5.74, 6) is 1.28. The Morgan fingerprint density at radius 2 is 1.82 bits per heavy atom. The van der Waals surface area contributed by atoms with E-state index in [2.05, 4.69) is 0 Å². The van der Waals surface area contributed by atoms with E-state index < -0.39 is 5.67 Å². The Kier molecular flexibility index (Phi) is 2.00. The summed E-state index contributed by atoms with van der Waals surface area (Å²) in [4.78, 5) is 0. The van der Waals surface area contributed by atoms with E-state index in [1.54, 1.807) is 19.9 Å². The Labute approximate surface area is 99.7 Å². The second-order valence-electron chi connectivity index (χ2n) is 5.38. The number of benzene rings is 1. The maximum Gasteiger partial charge on any atom is 0.231 e. The Balaban J connectivity index is 2.18. The summed E-state index contributed by atoms with van der Waals surface area (Å²) in [6.07, 6.45) is 1.80. The zero-order chi connectivity index (χ0) is 12.3. The van der Waals surface area contributed by atoms with E-state index in [1.165, 1.54) is 0 Å². The van der Waals surface area contributed by atoms with Crippen molar-refractivity contribution in [2.45, 2.75) is 37.9 Å². The lowest BCUT2D eigenvalue weighted by molar-refractivity contribution is 0.173. The van der Waals surface area contributed by atoms with Crippen LogP contribution in [-0.2, 0) is 11.2 Å². The number of alkyl halides is 1. The van der Waals surface area contributed by atoms with E-state index in [4.69, 9.17) is 15.2 Å². The SMILES string of the molecule is CC(C)(F)c1cc2c(cc1C1(N)CC1)OCO2. The predicted octanol–water partition coefficient (Wildman–Crippen LogP) is 2.57. The van der Waals surface area contributed by atoms with Gasteiger partial charge in [-0.15, -0.1) is 0 Å². The molecule has 1 aromatic rings. The third-order valence-corrected chi connectivity index (χ3v) is 3.48. The monoisotopic (exact) mass is 237 g/mol. The minimum absolute atomic E-state index is 0.197. The molecule has 4 heteroatoms. The molecule has 3 rings (SSSR count). The number of rotatable bonds is 2. The number of halogens is 1. The maximum atomic E-state index is 14.3. The largest absolute Gasteiger partial charge is 0.454 e.